The van der Waals surface area contributed by atoms with E-state index in [9.17, 15) is 9.00 Å². The molecule has 2 aromatic carbocycles. The molecule has 2 aliphatic rings. The van der Waals surface area contributed by atoms with Crippen LogP contribution in [0.2, 0.25) is 0 Å². The zero-order valence-corrected chi connectivity index (χ0v) is 14.5. The molecule has 2 nitrogen and oxygen atoms in total. The van der Waals surface area contributed by atoms with Crippen LogP contribution in [0.15, 0.2) is 54.6 Å². The Balaban J connectivity index is 1.58. The number of fused-ring (bicyclic) bond motifs is 2. The molecular weight excluding hydrogens is 316 g/mol. The minimum atomic E-state index is -0.716. The number of Topliss-reactive ketones (excluding diaryl/α,β-unsaturated/α-hetero) is 1. The van der Waals surface area contributed by atoms with Crippen molar-refractivity contribution in [2.75, 3.05) is 0 Å². The van der Waals surface area contributed by atoms with Crippen LogP contribution in [-0.4, -0.2) is 20.5 Å². The number of carbonyl (C=O) groups excluding carboxylic acids is 1. The van der Waals surface area contributed by atoms with E-state index in [0.717, 1.165) is 42.4 Å². The van der Waals surface area contributed by atoms with Crippen molar-refractivity contribution >= 4 is 16.6 Å². The van der Waals surface area contributed by atoms with Crippen LogP contribution in [0.5, 0.6) is 0 Å². The summed E-state index contributed by atoms with van der Waals surface area (Å²) in [7, 11) is -0.716. The molecule has 24 heavy (non-hydrogen) atoms. The van der Waals surface area contributed by atoms with Gasteiger partial charge in [-0.3, -0.25) is 9.00 Å². The van der Waals surface area contributed by atoms with Crippen LogP contribution < -0.4 is 0 Å². The van der Waals surface area contributed by atoms with Gasteiger partial charge in [0, 0.05) is 32.8 Å². The first-order chi connectivity index (χ1) is 11.7. The maximum Gasteiger partial charge on any atom is 0.166 e. The highest BCUT2D eigenvalue weighted by Gasteiger charge is 2.40. The van der Waals surface area contributed by atoms with E-state index in [1.807, 2.05) is 36.4 Å². The monoisotopic (exact) mass is 338 g/mol. The van der Waals surface area contributed by atoms with Crippen LogP contribution in [0.1, 0.15) is 42.5 Å². The molecular formula is C21H22O2S. The molecule has 0 saturated carbocycles. The van der Waals surface area contributed by atoms with E-state index in [1.165, 1.54) is 6.42 Å². The maximum absolute atomic E-state index is 13.0. The quantitative estimate of drug-likeness (QED) is 0.766. The van der Waals surface area contributed by atoms with Gasteiger partial charge in [0.15, 0.2) is 5.78 Å². The first-order valence-electron chi connectivity index (χ1n) is 8.81. The lowest BCUT2D eigenvalue weighted by molar-refractivity contribution is 0.0895. The Bertz CT molecular complexity index is 752. The highest BCUT2D eigenvalue weighted by atomic mass is 32.2. The number of carbonyl (C=O) groups is 1. The SMILES string of the molecule is O=C(c1cccc(-c2ccccc2)c1)C1CC2CCCC(C1)S2=O. The van der Waals surface area contributed by atoms with Gasteiger partial charge in [0.05, 0.1) is 0 Å². The normalized spacial score (nSPS) is 29.2. The Labute approximate surface area is 145 Å². The van der Waals surface area contributed by atoms with Crippen molar-refractivity contribution in [2.24, 2.45) is 5.92 Å². The number of hydrogen-bond acceptors (Lipinski definition) is 2. The summed E-state index contributed by atoms with van der Waals surface area (Å²) in [6.07, 6.45) is 4.83. The topological polar surface area (TPSA) is 34.1 Å². The molecule has 0 amide bonds. The molecule has 2 aromatic rings. The van der Waals surface area contributed by atoms with Crippen molar-refractivity contribution in [3.63, 3.8) is 0 Å². The number of hydrogen-bond donors (Lipinski definition) is 0. The van der Waals surface area contributed by atoms with Crippen molar-refractivity contribution in [1.29, 1.82) is 0 Å². The Morgan fingerprint density at radius 1 is 0.875 bits per heavy atom. The second kappa shape index (κ2) is 6.64. The Hall–Kier alpha value is -1.74. The van der Waals surface area contributed by atoms with Gasteiger partial charge in [-0.1, -0.05) is 55.0 Å². The molecule has 0 radical (unpaired) electrons. The van der Waals surface area contributed by atoms with Crippen LogP contribution in [-0.2, 0) is 10.8 Å². The van der Waals surface area contributed by atoms with E-state index in [-0.39, 0.29) is 22.2 Å². The van der Waals surface area contributed by atoms with E-state index in [1.54, 1.807) is 0 Å². The van der Waals surface area contributed by atoms with Gasteiger partial charge in [0.2, 0.25) is 0 Å². The predicted molar refractivity (Wildman–Crippen MR) is 98.5 cm³/mol. The molecule has 2 atom stereocenters. The minimum Gasteiger partial charge on any atom is -0.294 e. The van der Waals surface area contributed by atoms with E-state index in [4.69, 9.17) is 0 Å². The summed E-state index contributed by atoms with van der Waals surface area (Å²) in [5, 5.41) is 0.479. The third kappa shape index (κ3) is 2.98. The summed E-state index contributed by atoms with van der Waals surface area (Å²) in [6, 6.07) is 18.1. The molecule has 2 unspecified atom stereocenters. The summed E-state index contributed by atoms with van der Waals surface area (Å²) in [4.78, 5) is 13.0. The second-order valence-electron chi connectivity index (χ2n) is 6.98. The summed E-state index contributed by atoms with van der Waals surface area (Å²) in [6.45, 7) is 0. The van der Waals surface area contributed by atoms with E-state index >= 15 is 0 Å². The Kier molecular flexibility index (Phi) is 4.36. The zero-order chi connectivity index (χ0) is 16.5. The van der Waals surface area contributed by atoms with Gasteiger partial charge in [-0.25, -0.2) is 0 Å². The highest BCUT2D eigenvalue weighted by Crippen LogP contribution is 2.38. The summed E-state index contributed by atoms with van der Waals surface area (Å²) in [5.74, 6) is 0.283. The third-order valence-electron chi connectivity index (χ3n) is 5.43. The van der Waals surface area contributed by atoms with Gasteiger partial charge < -0.3 is 0 Å². The van der Waals surface area contributed by atoms with Crippen LogP contribution in [0.4, 0.5) is 0 Å². The van der Waals surface area contributed by atoms with Crippen LogP contribution in [0.25, 0.3) is 11.1 Å². The molecule has 4 rings (SSSR count). The lowest BCUT2D eigenvalue weighted by atomic mass is 9.84. The fourth-order valence-corrected chi connectivity index (χ4v) is 6.35. The highest BCUT2D eigenvalue weighted by molar-refractivity contribution is 7.86. The average molecular weight is 338 g/mol. The molecule has 0 aliphatic carbocycles. The number of ketones is 1. The van der Waals surface area contributed by atoms with Crippen molar-refractivity contribution < 1.29 is 9.00 Å². The van der Waals surface area contributed by atoms with E-state index < -0.39 is 10.8 Å². The van der Waals surface area contributed by atoms with Crippen LogP contribution >= 0.6 is 0 Å². The first kappa shape index (κ1) is 15.8. The van der Waals surface area contributed by atoms with Crippen LogP contribution in [0, 0.1) is 5.92 Å². The van der Waals surface area contributed by atoms with Crippen molar-refractivity contribution in [1.82, 2.24) is 0 Å². The predicted octanol–water partition coefficient (Wildman–Crippen LogP) is 4.62. The molecule has 2 heterocycles. The molecule has 2 saturated heterocycles. The summed E-state index contributed by atoms with van der Waals surface area (Å²) < 4.78 is 12.4. The minimum absolute atomic E-state index is 0.0454. The van der Waals surface area contributed by atoms with Gasteiger partial charge in [-0.15, -0.1) is 0 Å². The van der Waals surface area contributed by atoms with Gasteiger partial charge in [0.25, 0.3) is 0 Å². The van der Waals surface area contributed by atoms with E-state index in [2.05, 4.69) is 18.2 Å². The Morgan fingerprint density at radius 3 is 2.25 bits per heavy atom. The maximum atomic E-state index is 13.0. The second-order valence-corrected chi connectivity index (χ2v) is 8.97. The molecule has 124 valence electrons. The van der Waals surface area contributed by atoms with Crippen molar-refractivity contribution in [3.8, 4) is 11.1 Å². The number of rotatable bonds is 3. The molecule has 2 bridgehead atoms. The van der Waals surface area contributed by atoms with Gasteiger partial charge >= 0.3 is 0 Å². The van der Waals surface area contributed by atoms with Crippen LogP contribution in [0.3, 0.4) is 0 Å². The molecule has 3 heteroatoms. The molecule has 0 N–H and O–H groups in total. The molecule has 2 fully saturated rings. The first-order valence-corrected chi connectivity index (χ1v) is 10.1. The lowest BCUT2D eigenvalue weighted by Gasteiger charge is -2.37. The fraction of sp³-hybridized carbons (Fsp3) is 0.381. The Morgan fingerprint density at radius 2 is 1.54 bits per heavy atom. The third-order valence-corrected chi connectivity index (χ3v) is 7.60. The van der Waals surface area contributed by atoms with Gasteiger partial charge in [0.1, 0.15) is 0 Å². The molecule has 0 spiro atoms. The standard InChI is InChI=1S/C21H22O2S/c22-21(18-13-19-10-5-11-20(14-18)24(19)23)17-9-4-8-16(12-17)15-6-2-1-3-7-15/h1-4,6-9,12,18-20H,5,10-11,13-14H2. The average Bonchev–Trinajstić information content (AvgIpc) is 2.62. The largest absolute Gasteiger partial charge is 0.294 e. The zero-order valence-electron chi connectivity index (χ0n) is 13.7. The summed E-state index contributed by atoms with van der Waals surface area (Å²) in [5.41, 5.74) is 3.02. The van der Waals surface area contributed by atoms with Gasteiger partial charge in [-0.2, -0.15) is 0 Å². The molecule has 2 aliphatic heterocycles. The van der Waals surface area contributed by atoms with Gasteiger partial charge in [-0.05, 0) is 42.9 Å². The van der Waals surface area contributed by atoms with Crippen molar-refractivity contribution in [2.45, 2.75) is 42.6 Å². The summed E-state index contributed by atoms with van der Waals surface area (Å²) >= 11 is 0. The lowest BCUT2D eigenvalue weighted by Crippen LogP contribution is -2.41. The number of benzene rings is 2. The smallest absolute Gasteiger partial charge is 0.166 e. The molecule has 0 aromatic heterocycles. The van der Waals surface area contributed by atoms with E-state index in [0.29, 0.717) is 0 Å². The van der Waals surface area contributed by atoms with Crippen molar-refractivity contribution in [3.05, 3.63) is 60.2 Å². The fourth-order valence-electron chi connectivity index (χ4n) is 4.17.